The molecule has 1 aliphatic heterocycles. The summed E-state index contributed by atoms with van der Waals surface area (Å²) in [6.45, 7) is 0.857. The van der Waals surface area contributed by atoms with Gasteiger partial charge in [-0.05, 0) is 37.5 Å². The van der Waals surface area contributed by atoms with Gasteiger partial charge in [0.2, 0.25) is 0 Å². The van der Waals surface area contributed by atoms with Gasteiger partial charge >= 0.3 is 0 Å². The Labute approximate surface area is 93.9 Å². The summed E-state index contributed by atoms with van der Waals surface area (Å²) < 4.78 is 10.8. The minimum Gasteiger partial charge on any atom is -0.353 e. The molecular weight excluding hydrogens is 208 g/mol. The van der Waals surface area contributed by atoms with Gasteiger partial charge < -0.3 is 9.47 Å². The van der Waals surface area contributed by atoms with E-state index in [0.29, 0.717) is 12.2 Å². The van der Waals surface area contributed by atoms with Crippen molar-refractivity contribution in [2.45, 2.75) is 25.6 Å². The van der Waals surface area contributed by atoms with Gasteiger partial charge in [0.1, 0.15) is 0 Å². The Bertz CT molecular complexity index is 348. The molecule has 0 saturated carbocycles. The SMILES string of the molecule is O=C1C=CC(=O)C(COC2CCCCO2)=C1. The van der Waals surface area contributed by atoms with Gasteiger partial charge in [-0.25, -0.2) is 0 Å². The third kappa shape index (κ3) is 2.87. The normalized spacial score (nSPS) is 25.8. The first-order valence-corrected chi connectivity index (χ1v) is 5.46. The third-order valence-corrected chi connectivity index (χ3v) is 2.59. The molecule has 4 nitrogen and oxygen atoms in total. The number of ether oxygens (including phenoxy) is 2. The van der Waals surface area contributed by atoms with Crippen LogP contribution in [0.5, 0.6) is 0 Å². The van der Waals surface area contributed by atoms with Gasteiger partial charge in [0.15, 0.2) is 17.9 Å². The van der Waals surface area contributed by atoms with Gasteiger partial charge in [-0.15, -0.1) is 0 Å². The fourth-order valence-corrected chi connectivity index (χ4v) is 1.69. The Hall–Kier alpha value is -1.26. The molecule has 1 unspecified atom stereocenters. The average Bonchev–Trinajstić information content (AvgIpc) is 2.32. The maximum atomic E-state index is 11.4. The monoisotopic (exact) mass is 222 g/mol. The van der Waals surface area contributed by atoms with Crippen LogP contribution >= 0.6 is 0 Å². The van der Waals surface area contributed by atoms with Crippen molar-refractivity contribution in [2.24, 2.45) is 0 Å². The summed E-state index contributed by atoms with van der Waals surface area (Å²) in [5, 5.41) is 0. The lowest BCUT2D eigenvalue weighted by Gasteiger charge is -2.23. The molecule has 1 aliphatic carbocycles. The second kappa shape index (κ2) is 5.18. The Morgan fingerprint density at radius 2 is 2.19 bits per heavy atom. The Morgan fingerprint density at radius 1 is 1.31 bits per heavy atom. The van der Waals surface area contributed by atoms with E-state index < -0.39 is 0 Å². The predicted molar refractivity (Wildman–Crippen MR) is 56.8 cm³/mol. The summed E-state index contributed by atoms with van der Waals surface area (Å²) in [7, 11) is 0. The lowest BCUT2D eigenvalue weighted by Crippen LogP contribution is -2.24. The minimum atomic E-state index is -0.233. The van der Waals surface area contributed by atoms with Crippen LogP contribution in [0.3, 0.4) is 0 Å². The molecule has 16 heavy (non-hydrogen) atoms. The van der Waals surface area contributed by atoms with Crippen LogP contribution < -0.4 is 0 Å². The molecule has 0 bridgehead atoms. The van der Waals surface area contributed by atoms with Crippen molar-refractivity contribution in [2.75, 3.05) is 13.2 Å². The highest BCUT2D eigenvalue weighted by Gasteiger charge is 2.18. The fourth-order valence-electron chi connectivity index (χ4n) is 1.69. The maximum absolute atomic E-state index is 11.4. The molecule has 1 fully saturated rings. The van der Waals surface area contributed by atoms with Crippen molar-refractivity contribution < 1.29 is 19.1 Å². The predicted octanol–water partition coefficient (Wildman–Crippen LogP) is 1.16. The van der Waals surface area contributed by atoms with Gasteiger partial charge in [-0.3, -0.25) is 9.59 Å². The van der Waals surface area contributed by atoms with Gasteiger partial charge in [0.05, 0.1) is 6.61 Å². The van der Waals surface area contributed by atoms with Gasteiger partial charge in [-0.2, -0.15) is 0 Å². The Morgan fingerprint density at radius 3 is 2.94 bits per heavy atom. The van der Waals surface area contributed by atoms with Gasteiger partial charge in [-0.1, -0.05) is 0 Å². The highest BCUT2D eigenvalue weighted by molar-refractivity contribution is 6.17. The van der Waals surface area contributed by atoms with Crippen LogP contribution in [-0.2, 0) is 19.1 Å². The first-order chi connectivity index (χ1) is 7.75. The van der Waals surface area contributed by atoms with E-state index in [9.17, 15) is 9.59 Å². The molecule has 0 radical (unpaired) electrons. The summed E-state index contributed by atoms with van der Waals surface area (Å²) in [5.74, 6) is -0.321. The number of allylic oxidation sites excluding steroid dienone is 3. The highest BCUT2D eigenvalue weighted by Crippen LogP contribution is 2.15. The molecule has 0 amide bonds. The maximum Gasteiger partial charge on any atom is 0.184 e. The number of hydrogen-bond donors (Lipinski definition) is 0. The van der Waals surface area contributed by atoms with E-state index in [1.807, 2.05) is 0 Å². The van der Waals surface area contributed by atoms with Crippen LogP contribution in [0.15, 0.2) is 23.8 Å². The molecule has 0 N–H and O–H groups in total. The quantitative estimate of drug-likeness (QED) is 0.672. The highest BCUT2D eigenvalue weighted by atomic mass is 16.7. The van der Waals surface area contributed by atoms with E-state index in [2.05, 4.69) is 0 Å². The van der Waals surface area contributed by atoms with Gasteiger partial charge in [0, 0.05) is 12.2 Å². The van der Waals surface area contributed by atoms with Crippen LogP contribution in [0, 0.1) is 0 Å². The number of rotatable bonds is 3. The molecule has 2 aliphatic rings. The standard InChI is InChI=1S/C12H14O4/c13-10-4-5-11(14)9(7-10)8-16-12-3-1-2-6-15-12/h4-5,7,12H,1-3,6,8H2. The first-order valence-electron chi connectivity index (χ1n) is 5.46. The molecule has 1 atom stereocenters. The Balaban J connectivity index is 1.85. The zero-order valence-corrected chi connectivity index (χ0v) is 8.98. The number of carbonyl (C=O) groups is 2. The molecule has 0 aromatic carbocycles. The summed E-state index contributed by atoms with van der Waals surface area (Å²) in [6.07, 6.45) is 6.63. The smallest absolute Gasteiger partial charge is 0.184 e. The van der Waals surface area contributed by atoms with Crippen LogP contribution in [-0.4, -0.2) is 31.1 Å². The Kier molecular flexibility index (Phi) is 3.64. The van der Waals surface area contributed by atoms with E-state index in [-0.39, 0.29) is 24.5 Å². The van der Waals surface area contributed by atoms with E-state index >= 15 is 0 Å². The zero-order valence-electron chi connectivity index (χ0n) is 8.98. The summed E-state index contributed by atoms with van der Waals surface area (Å²) in [6, 6.07) is 0. The minimum absolute atomic E-state index is 0.152. The molecule has 1 heterocycles. The summed E-state index contributed by atoms with van der Waals surface area (Å²) in [4.78, 5) is 22.5. The first kappa shape index (κ1) is 11.2. The molecule has 4 heteroatoms. The topological polar surface area (TPSA) is 52.6 Å². The van der Waals surface area contributed by atoms with Crippen molar-refractivity contribution in [1.29, 1.82) is 0 Å². The second-order valence-corrected chi connectivity index (χ2v) is 3.88. The molecule has 0 aromatic rings. The lowest BCUT2D eigenvalue weighted by atomic mass is 10.0. The van der Waals surface area contributed by atoms with E-state index in [1.165, 1.54) is 18.2 Å². The van der Waals surface area contributed by atoms with Crippen molar-refractivity contribution in [3.05, 3.63) is 23.8 Å². The van der Waals surface area contributed by atoms with E-state index in [0.717, 1.165) is 19.3 Å². The number of carbonyl (C=O) groups excluding carboxylic acids is 2. The lowest BCUT2D eigenvalue weighted by molar-refractivity contribution is -0.157. The van der Waals surface area contributed by atoms with Gasteiger partial charge in [0.25, 0.3) is 0 Å². The van der Waals surface area contributed by atoms with Crippen LogP contribution in [0.1, 0.15) is 19.3 Å². The van der Waals surface area contributed by atoms with Crippen molar-refractivity contribution in [3.8, 4) is 0 Å². The van der Waals surface area contributed by atoms with E-state index in [1.54, 1.807) is 0 Å². The largest absolute Gasteiger partial charge is 0.353 e. The number of hydrogen-bond acceptors (Lipinski definition) is 4. The zero-order chi connectivity index (χ0) is 11.4. The molecule has 0 spiro atoms. The van der Waals surface area contributed by atoms with E-state index in [4.69, 9.17) is 9.47 Å². The molecule has 86 valence electrons. The van der Waals surface area contributed by atoms with Crippen LogP contribution in [0.25, 0.3) is 0 Å². The number of ketones is 2. The molecule has 0 aromatic heterocycles. The average molecular weight is 222 g/mol. The summed E-state index contributed by atoms with van der Waals surface area (Å²) >= 11 is 0. The van der Waals surface area contributed by atoms with Crippen LogP contribution in [0.2, 0.25) is 0 Å². The third-order valence-electron chi connectivity index (χ3n) is 2.59. The van der Waals surface area contributed by atoms with Crippen molar-refractivity contribution in [1.82, 2.24) is 0 Å². The van der Waals surface area contributed by atoms with Crippen molar-refractivity contribution >= 4 is 11.6 Å². The molecule has 1 saturated heterocycles. The molecule has 2 rings (SSSR count). The summed E-state index contributed by atoms with van der Waals surface area (Å²) in [5.41, 5.74) is 0.404. The second-order valence-electron chi connectivity index (χ2n) is 3.88. The fraction of sp³-hybridized carbons (Fsp3) is 0.500. The van der Waals surface area contributed by atoms with Crippen LogP contribution in [0.4, 0.5) is 0 Å². The van der Waals surface area contributed by atoms with Crippen molar-refractivity contribution in [3.63, 3.8) is 0 Å². The molecular formula is C12H14O4.